The second kappa shape index (κ2) is 6.47. The first-order valence-corrected chi connectivity index (χ1v) is 8.51. The van der Waals surface area contributed by atoms with Crippen molar-refractivity contribution in [2.45, 2.75) is 25.4 Å². The van der Waals surface area contributed by atoms with Gasteiger partial charge in [0.1, 0.15) is 5.75 Å². The van der Waals surface area contributed by atoms with Gasteiger partial charge in [-0.25, -0.2) is 4.68 Å². The fraction of sp³-hybridized carbons (Fsp3) is 0.263. The topological polar surface area (TPSA) is 78.0 Å². The highest BCUT2D eigenvalue weighted by Gasteiger charge is 2.32. The third-order valence-electron chi connectivity index (χ3n) is 4.48. The number of nitrogens with two attached hydrogens (primary N) is 1. The van der Waals surface area contributed by atoms with Crippen LogP contribution in [0.15, 0.2) is 54.6 Å². The molecule has 2 atom stereocenters. The molecule has 0 saturated heterocycles. The number of hydrogen-bond acceptors (Lipinski definition) is 5. The molecular weight excluding hydrogens is 314 g/mol. The molecule has 0 radical (unpaired) electrons. The molecule has 2 aromatic carbocycles. The summed E-state index contributed by atoms with van der Waals surface area (Å²) < 4.78 is 7.71. The standard InChI is InChI=1S/C19H21N5O/c1-2-25-17-11-7-6-10-14(17)16-12-15(13-8-4-3-5-9-13)21-19-22-18(20)23-24(16)19/h3-11,15-16H,2,12H2,1H3,(H3,20,21,22,23)/t15-,16-/m1/s1. The van der Waals surface area contributed by atoms with Gasteiger partial charge in [-0.15, -0.1) is 5.10 Å². The highest BCUT2D eigenvalue weighted by molar-refractivity contribution is 5.44. The number of para-hydroxylation sites is 1. The van der Waals surface area contributed by atoms with Crippen molar-refractivity contribution in [2.24, 2.45) is 0 Å². The van der Waals surface area contributed by atoms with Crippen LogP contribution >= 0.6 is 0 Å². The summed E-state index contributed by atoms with van der Waals surface area (Å²) in [5, 5.41) is 7.86. The number of nitrogens with one attached hydrogen (secondary N) is 1. The maximum absolute atomic E-state index is 5.87. The van der Waals surface area contributed by atoms with Gasteiger partial charge in [-0.1, -0.05) is 48.5 Å². The van der Waals surface area contributed by atoms with Gasteiger partial charge in [0.25, 0.3) is 0 Å². The molecule has 128 valence electrons. The Hall–Kier alpha value is -3.02. The molecule has 1 aromatic heterocycles. The molecule has 0 aliphatic carbocycles. The molecule has 3 aromatic rings. The Labute approximate surface area is 146 Å². The first-order valence-electron chi connectivity index (χ1n) is 8.51. The first kappa shape index (κ1) is 15.5. The Kier molecular flexibility index (Phi) is 4.01. The fourth-order valence-corrected chi connectivity index (χ4v) is 3.40. The predicted molar refractivity (Wildman–Crippen MR) is 97.6 cm³/mol. The summed E-state index contributed by atoms with van der Waals surface area (Å²) in [6.45, 7) is 2.61. The van der Waals surface area contributed by atoms with Crippen LogP contribution < -0.4 is 15.8 Å². The molecule has 1 aliphatic heterocycles. The maximum atomic E-state index is 5.87. The summed E-state index contributed by atoms with van der Waals surface area (Å²) in [7, 11) is 0. The zero-order chi connectivity index (χ0) is 17.2. The number of nitrogens with zero attached hydrogens (tertiary/aromatic N) is 3. The van der Waals surface area contributed by atoms with Crippen LogP contribution in [0.2, 0.25) is 0 Å². The number of nitrogen functional groups attached to an aromatic ring is 1. The summed E-state index contributed by atoms with van der Waals surface area (Å²) in [6, 6.07) is 18.6. The Morgan fingerprint density at radius 2 is 1.92 bits per heavy atom. The van der Waals surface area contributed by atoms with E-state index in [2.05, 4.69) is 33.6 Å². The molecule has 0 amide bonds. The molecule has 0 unspecified atom stereocenters. The summed E-state index contributed by atoms with van der Waals surface area (Å²) in [4.78, 5) is 4.36. The van der Waals surface area contributed by atoms with E-state index in [1.165, 1.54) is 5.56 Å². The predicted octanol–water partition coefficient (Wildman–Crippen LogP) is 3.41. The molecule has 3 N–H and O–H groups in total. The van der Waals surface area contributed by atoms with Crippen molar-refractivity contribution in [3.8, 4) is 5.75 Å². The van der Waals surface area contributed by atoms with E-state index in [1.807, 2.05) is 48.0 Å². The van der Waals surface area contributed by atoms with Crippen LogP contribution in [0.25, 0.3) is 0 Å². The normalized spacial score (nSPS) is 19.1. The van der Waals surface area contributed by atoms with Gasteiger partial charge in [-0.2, -0.15) is 4.98 Å². The number of rotatable bonds is 4. The highest BCUT2D eigenvalue weighted by Crippen LogP contribution is 2.40. The second-order valence-electron chi connectivity index (χ2n) is 6.07. The van der Waals surface area contributed by atoms with E-state index in [9.17, 15) is 0 Å². The minimum absolute atomic E-state index is 0.00834. The van der Waals surface area contributed by atoms with E-state index in [-0.39, 0.29) is 18.0 Å². The van der Waals surface area contributed by atoms with E-state index in [4.69, 9.17) is 10.5 Å². The smallest absolute Gasteiger partial charge is 0.241 e. The van der Waals surface area contributed by atoms with Gasteiger partial charge in [0.05, 0.1) is 18.7 Å². The fourth-order valence-electron chi connectivity index (χ4n) is 3.40. The lowest BCUT2D eigenvalue weighted by atomic mass is 9.93. The van der Waals surface area contributed by atoms with Crippen LogP contribution in [0.4, 0.5) is 11.9 Å². The van der Waals surface area contributed by atoms with Crippen molar-refractivity contribution >= 4 is 11.9 Å². The number of hydrogen-bond donors (Lipinski definition) is 2. The number of ether oxygens (including phenoxy) is 1. The lowest BCUT2D eigenvalue weighted by Crippen LogP contribution is -2.28. The van der Waals surface area contributed by atoms with Gasteiger partial charge < -0.3 is 15.8 Å². The van der Waals surface area contributed by atoms with Crippen LogP contribution in [0.3, 0.4) is 0 Å². The third-order valence-corrected chi connectivity index (χ3v) is 4.48. The van der Waals surface area contributed by atoms with Crippen LogP contribution in [-0.4, -0.2) is 21.4 Å². The molecule has 6 heteroatoms. The largest absolute Gasteiger partial charge is 0.494 e. The zero-order valence-electron chi connectivity index (χ0n) is 14.1. The van der Waals surface area contributed by atoms with Crippen LogP contribution in [0, 0.1) is 0 Å². The van der Waals surface area contributed by atoms with Crippen LogP contribution in [0.5, 0.6) is 5.75 Å². The summed E-state index contributed by atoms with van der Waals surface area (Å²) in [5.74, 6) is 1.84. The maximum Gasteiger partial charge on any atom is 0.241 e. The van der Waals surface area contributed by atoms with E-state index < -0.39 is 0 Å². The number of fused-ring (bicyclic) bond motifs is 1. The Bertz CT molecular complexity index is 861. The molecule has 4 rings (SSSR count). The Morgan fingerprint density at radius 1 is 1.16 bits per heavy atom. The highest BCUT2D eigenvalue weighted by atomic mass is 16.5. The lowest BCUT2D eigenvalue weighted by Gasteiger charge is -2.32. The van der Waals surface area contributed by atoms with Crippen molar-refractivity contribution in [1.82, 2.24) is 14.8 Å². The molecule has 0 fully saturated rings. The first-order chi connectivity index (χ1) is 12.3. The average Bonchev–Trinajstić information content (AvgIpc) is 3.02. The van der Waals surface area contributed by atoms with Gasteiger partial charge >= 0.3 is 0 Å². The Morgan fingerprint density at radius 3 is 2.72 bits per heavy atom. The van der Waals surface area contributed by atoms with Gasteiger partial charge in [-0.05, 0) is 25.0 Å². The van der Waals surface area contributed by atoms with Gasteiger partial charge in [0.15, 0.2) is 0 Å². The van der Waals surface area contributed by atoms with Crippen LogP contribution in [-0.2, 0) is 0 Å². The molecule has 0 spiro atoms. The Balaban J connectivity index is 1.78. The SMILES string of the molecule is CCOc1ccccc1[C@H]1C[C@H](c2ccccc2)Nc2nc(N)nn21. The van der Waals surface area contributed by atoms with Crippen LogP contribution in [0.1, 0.15) is 36.6 Å². The van der Waals surface area contributed by atoms with Crippen molar-refractivity contribution < 1.29 is 4.74 Å². The number of anilines is 2. The van der Waals surface area contributed by atoms with Gasteiger partial charge in [0, 0.05) is 5.56 Å². The van der Waals surface area contributed by atoms with Crippen molar-refractivity contribution in [3.63, 3.8) is 0 Å². The van der Waals surface area contributed by atoms with E-state index in [0.717, 1.165) is 17.7 Å². The molecule has 2 heterocycles. The average molecular weight is 335 g/mol. The molecule has 6 nitrogen and oxygen atoms in total. The minimum atomic E-state index is 0.00834. The quantitative estimate of drug-likeness (QED) is 0.764. The van der Waals surface area contributed by atoms with Crippen molar-refractivity contribution in [3.05, 3.63) is 65.7 Å². The number of benzene rings is 2. The van der Waals surface area contributed by atoms with Gasteiger partial charge in [-0.3, -0.25) is 0 Å². The van der Waals surface area contributed by atoms with Crippen molar-refractivity contribution in [2.75, 3.05) is 17.7 Å². The van der Waals surface area contributed by atoms with Gasteiger partial charge in [0.2, 0.25) is 11.9 Å². The minimum Gasteiger partial charge on any atom is -0.494 e. The molecular formula is C19H21N5O. The molecule has 25 heavy (non-hydrogen) atoms. The van der Waals surface area contributed by atoms with E-state index in [1.54, 1.807) is 0 Å². The number of aromatic nitrogens is 3. The van der Waals surface area contributed by atoms with Crippen molar-refractivity contribution in [1.29, 1.82) is 0 Å². The third kappa shape index (κ3) is 2.91. The summed E-state index contributed by atoms with van der Waals surface area (Å²) in [5.41, 5.74) is 8.18. The lowest BCUT2D eigenvalue weighted by molar-refractivity contribution is 0.325. The second-order valence-corrected chi connectivity index (χ2v) is 6.07. The summed E-state index contributed by atoms with van der Waals surface area (Å²) >= 11 is 0. The molecule has 0 saturated carbocycles. The molecule has 1 aliphatic rings. The monoisotopic (exact) mass is 335 g/mol. The zero-order valence-corrected chi connectivity index (χ0v) is 14.1. The summed E-state index contributed by atoms with van der Waals surface area (Å²) in [6.07, 6.45) is 0.837. The van der Waals surface area contributed by atoms with E-state index in [0.29, 0.717) is 12.6 Å². The van der Waals surface area contributed by atoms with E-state index >= 15 is 0 Å². The molecule has 0 bridgehead atoms.